The summed E-state index contributed by atoms with van der Waals surface area (Å²) in [5, 5.41) is 0. The second-order valence-electron chi connectivity index (χ2n) is 3.73. The van der Waals surface area contributed by atoms with E-state index in [0.29, 0.717) is 4.21 Å². The molecule has 3 nitrogen and oxygen atoms in total. The topological polar surface area (TPSA) is 46.2 Å². The molecule has 0 bridgehead atoms. The lowest BCUT2D eigenvalue weighted by Crippen LogP contribution is -2.37. The number of alkyl halides is 1. The van der Waals surface area contributed by atoms with Crippen LogP contribution in [0.5, 0.6) is 0 Å². The highest BCUT2D eigenvalue weighted by molar-refractivity contribution is 9.11. The smallest absolute Gasteiger partial charge is 0.206 e. The van der Waals surface area contributed by atoms with Gasteiger partial charge in [-0.25, -0.2) is 13.1 Å². The van der Waals surface area contributed by atoms with Crippen molar-refractivity contribution in [1.82, 2.24) is 4.72 Å². The zero-order valence-electron chi connectivity index (χ0n) is 8.32. The van der Waals surface area contributed by atoms with E-state index in [4.69, 9.17) is 0 Å². The number of hydrogen-bond donors (Lipinski definition) is 1. The Morgan fingerprint density at radius 1 is 1.38 bits per heavy atom. The van der Waals surface area contributed by atoms with Crippen LogP contribution in [-0.4, -0.2) is 19.3 Å². The maximum absolute atomic E-state index is 12.0. The van der Waals surface area contributed by atoms with Crippen LogP contribution in [0.25, 0.3) is 0 Å². The first-order chi connectivity index (χ1) is 7.49. The number of thiophene rings is 1. The van der Waals surface area contributed by atoms with Crippen LogP contribution in [0.1, 0.15) is 19.3 Å². The number of sulfonamides is 1. The molecule has 0 saturated heterocycles. The molecule has 2 unspecified atom stereocenters. The summed E-state index contributed by atoms with van der Waals surface area (Å²) in [7, 11) is -3.35. The average molecular weight is 389 g/mol. The van der Waals surface area contributed by atoms with Gasteiger partial charge in [0.2, 0.25) is 10.0 Å². The van der Waals surface area contributed by atoms with Gasteiger partial charge in [-0.05, 0) is 40.9 Å². The molecule has 1 heterocycles. The Kier molecular flexibility index (Phi) is 4.11. The Morgan fingerprint density at radius 2 is 2.12 bits per heavy atom. The number of hydrogen-bond acceptors (Lipinski definition) is 3. The van der Waals surface area contributed by atoms with Crippen LogP contribution < -0.4 is 4.72 Å². The highest BCUT2D eigenvalue weighted by atomic mass is 79.9. The standard InChI is InChI=1S/C9H11Br2NO2S2/c10-6-2-1-3-7(6)12-16(13,14)9-5-4-8(11)15-9/h4-7,12H,1-3H2. The monoisotopic (exact) mass is 387 g/mol. The molecule has 1 fully saturated rings. The molecule has 2 rings (SSSR count). The molecular weight excluding hydrogens is 378 g/mol. The lowest BCUT2D eigenvalue weighted by Gasteiger charge is -2.15. The van der Waals surface area contributed by atoms with E-state index in [-0.39, 0.29) is 10.9 Å². The summed E-state index contributed by atoms with van der Waals surface area (Å²) in [6.45, 7) is 0. The van der Waals surface area contributed by atoms with Gasteiger partial charge in [-0.1, -0.05) is 22.4 Å². The maximum atomic E-state index is 12.0. The Morgan fingerprint density at radius 3 is 2.62 bits per heavy atom. The third kappa shape index (κ3) is 2.87. The van der Waals surface area contributed by atoms with Crippen LogP contribution in [0.4, 0.5) is 0 Å². The van der Waals surface area contributed by atoms with Crippen molar-refractivity contribution in [2.75, 3.05) is 0 Å². The van der Waals surface area contributed by atoms with E-state index in [1.54, 1.807) is 12.1 Å². The van der Waals surface area contributed by atoms with E-state index < -0.39 is 10.0 Å². The third-order valence-corrected chi connectivity index (χ3v) is 7.25. The minimum atomic E-state index is -3.35. The van der Waals surface area contributed by atoms with Crippen molar-refractivity contribution in [3.63, 3.8) is 0 Å². The molecule has 0 aromatic carbocycles. The molecule has 2 atom stereocenters. The molecule has 1 N–H and O–H groups in total. The largest absolute Gasteiger partial charge is 0.250 e. The molecule has 16 heavy (non-hydrogen) atoms. The normalized spacial score (nSPS) is 26.1. The summed E-state index contributed by atoms with van der Waals surface area (Å²) in [6.07, 6.45) is 3.00. The summed E-state index contributed by atoms with van der Waals surface area (Å²) in [6, 6.07) is 3.39. The predicted octanol–water partition coefficient (Wildman–Crippen LogP) is 3.10. The van der Waals surface area contributed by atoms with Crippen LogP contribution in [0, 0.1) is 0 Å². The van der Waals surface area contributed by atoms with E-state index in [2.05, 4.69) is 36.6 Å². The van der Waals surface area contributed by atoms with E-state index in [0.717, 1.165) is 23.0 Å². The van der Waals surface area contributed by atoms with Crippen LogP contribution in [0.3, 0.4) is 0 Å². The van der Waals surface area contributed by atoms with Crippen LogP contribution in [-0.2, 0) is 10.0 Å². The molecule has 90 valence electrons. The van der Waals surface area contributed by atoms with Gasteiger partial charge in [0.05, 0.1) is 3.79 Å². The summed E-state index contributed by atoms with van der Waals surface area (Å²) < 4.78 is 28.0. The second-order valence-corrected chi connectivity index (χ2v) is 9.31. The van der Waals surface area contributed by atoms with Gasteiger partial charge in [0.1, 0.15) is 4.21 Å². The van der Waals surface area contributed by atoms with Crippen molar-refractivity contribution >= 4 is 53.2 Å². The van der Waals surface area contributed by atoms with Gasteiger partial charge in [0, 0.05) is 10.9 Å². The van der Waals surface area contributed by atoms with Gasteiger partial charge in [-0.15, -0.1) is 11.3 Å². The molecule has 0 spiro atoms. The zero-order chi connectivity index (χ0) is 11.8. The predicted molar refractivity (Wildman–Crippen MR) is 72.7 cm³/mol. The molecule has 1 saturated carbocycles. The van der Waals surface area contributed by atoms with E-state index >= 15 is 0 Å². The highest BCUT2D eigenvalue weighted by Gasteiger charge is 2.30. The first-order valence-corrected chi connectivity index (χ1v) is 8.91. The maximum Gasteiger partial charge on any atom is 0.250 e. The Bertz CT molecular complexity index is 472. The highest BCUT2D eigenvalue weighted by Crippen LogP contribution is 2.29. The fraction of sp³-hybridized carbons (Fsp3) is 0.556. The molecule has 1 aliphatic carbocycles. The Balaban J connectivity index is 2.14. The molecule has 0 aliphatic heterocycles. The van der Waals surface area contributed by atoms with E-state index in [9.17, 15) is 8.42 Å². The van der Waals surface area contributed by atoms with E-state index in [1.807, 2.05) is 0 Å². The van der Waals surface area contributed by atoms with Gasteiger partial charge in [0.25, 0.3) is 0 Å². The van der Waals surface area contributed by atoms with Crippen molar-refractivity contribution in [3.8, 4) is 0 Å². The fourth-order valence-electron chi connectivity index (χ4n) is 1.75. The van der Waals surface area contributed by atoms with Crippen LogP contribution >= 0.6 is 43.2 Å². The Labute approximate surface area is 116 Å². The molecular formula is C9H11Br2NO2S2. The van der Waals surface area contributed by atoms with Crippen molar-refractivity contribution in [2.45, 2.75) is 34.3 Å². The van der Waals surface area contributed by atoms with E-state index in [1.165, 1.54) is 11.3 Å². The van der Waals surface area contributed by atoms with Crippen molar-refractivity contribution < 1.29 is 8.42 Å². The third-order valence-electron chi connectivity index (χ3n) is 2.55. The van der Waals surface area contributed by atoms with Gasteiger partial charge >= 0.3 is 0 Å². The lowest BCUT2D eigenvalue weighted by molar-refractivity contribution is 0.558. The van der Waals surface area contributed by atoms with Gasteiger partial charge in [-0.3, -0.25) is 0 Å². The molecule has 1 aliphatic rings. The molecule has 0 radical (unpaired) electrons. The molecule has 7 heteroatoms. The van der Waals surface area contributed by atoms with Gasteiger partial charge < -0.3 is 0 Å². The van der Waals surface area contributed by atoms with Crippen LogP contribution in [0.2, 0.25) is 0 Å². The van der Waals surface area contributed by atoms with Gasteiger partial charge in [-0.2, -0.15) is 0 Å². The molecule has 1 aromatic heterocycles. The second kappa shape index (κ2) is 5.06. The van der Waals surface area contributed by atoms with Gasteiger partial charge in [0.15, 0.2) is 0 Å². The summed E-state index contributed by atoms with van der Waals surface area (Å²) in [5.41, 5.74) is 0. The number of halogens is 2. The zero-order valence-corrected chi connectivity index (χ0v) is 13.1. The summed E-state index contributed by atoms with van der Waals surface area (Å²) in [4.78, 5) is 0.255. The fourth-order valence-corrected chi connectivity index (χ4v) is 5.98. The molecule has 1 aromatic rings. The minimum Gasteiger partial charge on any atom is -0.206 e. The average Bonchev–Trinajstić information content (AvgIpc) is 2.77. The van der Waals surface area contributed by atoms with Crippen LogP contribution in [0.15, 0.2) is 20.1 Å². The number of rotatable bonds is 3. The first kappa shape index (κ1) is 13.0. The van der Waals surface area contributed by atoms with Crippen molar-refractivity contribution in [3.05, 3.63) is 15.9 Å². The lowest BCUT2D eigenvalue weighted by atomic mass is 10.3. The summed E-state index contributed by atoms with van der Waals surface area (Å²) in [5.74, 6) is 0. The van der Waals surface area contributed by atoms with Crippen molar-refractivity contribution in [1.29, 1.82) is 0 Å². The Hall–Kier alpha value is 0.570. The number of nitrogens with one attached hydrogen (secondary N) is 1. The quantitative estimate of drug-likeness (QED) is 0.808. The summed E-state index contributed by atoms with van der Waals surface area (Å²) >= 11 is 8.00. The minimum absolute atomic E-state index is 0.0193. The SMILES string of the molecule is O=S(=O)(NC1CCCC1Br)c1ccc(Br)s1. The van der Waals surface area contributed by atoms with Crippen molar-refractivity contribution in [2.24, 2.45) is 0 Å². The molecule has 0 amide bonds. The first-order valence-electron chi connectivity index (χ1n) is 4.91.